The predicted octanol–water partition coefficient (Wildman–Crippen LogP) is 3.16. The standard InChI is InChI=1S/C8H8Br2N2/c1-6(9)5-11-8-4-2-3-7(10)12-8/h2-4H,1,5H2,(H,11,12). The maximum Gasteiger partial charge on any atom is 0.127 e. The lowest BCUT2D eigenvalue weighted by molar-refractivity contribution is 1.20. The van der Waals surface area contributed by atoms with Gasteiger partial charge in [-0.2, -0.15) is 0 Å². The Hall–Kier alpha value is -0.350. The first-order chi connectivity index (χ1) is 5.68. The third-order valence-corrected chi connectivity index (χ3v) is 1.90. The van der Waals surface area contributed by atoms with Crippen LogP contribution in [0.4, 0.5) is 5.82 Å². The fourth-order valence-electron chi connectivity index (χ4n) is 0.693. The summed E-state index contributed by atoms with van der Waals surface area (Å²) in [4.78, 5) is 4.19. The quantitative estimate of drug-likeness (QED) is 0.866. The molecule has 1 N–H and O–H groups in total. The van der Waals surface area contributed by atoms with Crippen molar-refractivity contribution in [2.75, 3.05) is 11.9 Å². The monoisotopic (exact) mass is 290 g/mol. The molecule has 0 unspecified atom stereocenters. The van der Waals surface area contributed by atoms with Crippen molar-refractivity contribution in [1.29, 1.82) is 0 Å². The number of pyridine rings is 1. The molecule has 12 heavy (non-hydrogen) atoms. The molecule has 0 saturated heterocycles. The van der Waals surface area contributed by atoms with E-state index in [0.717, 1.165) is 14.9 Å². The highest BCUT2D eigenvalue weighted by Gasteiger charge is 1.93. The largest absolute Gasteiger partial charge is 0.365 e. The van der Waals surface area contributed by atoms with E-state index < -0.39 is 0 Å². The van der Waals surface area contributed by atoms with Gasteiger partial charge >= 0.3 is 0 Å². The molecule has 0 amide bonds. The van der Waals surface area contributed by atoms with E-state index in [4.69, 9.17) is 0 Å². The first-order valence-corrected chi connectivity index (χ1v) is 4.97. The Kier molecular flexibility index (Phi) is 3.75. The molecule has 0 atom stereocenters. The van der Waals surface area contributed by atoms with Crippen LogP contribution in [0.1, 0.15) is 0 Å². The molecule has 0 aromatic carbocycles. The zero-order valence-electron chi connectivity index (χ0n) is 6.35. The molecule has 2 nitrogen and oxygen atoms in total. The van der Waals surface area contributed by atoms with Gasteiger partial charge in [-0.05, 0) is 28.1 Å². The topological polar surface area (TPSA) is 24.9 Å². The van der Waals surface area contributed by atoms with Crippen LogP contribution < -0.4 is 5.32 Å². The van der Waals surface area contributed by atoms with Crippen molar-refractivity contribution >= 4 is 37.7 Å². The second-order valence-corrected chi connectivity index (χ2v) is 4.15. The summed E-state index contributed by atoms with van der Waals surface area (Å²) < 4.78 is 1.73. The van der Waals surface area contributed by atoms with Crippen LogP contribution in [-0.4, -0.2) is 11.5 Å². The van der Waals surface area contributed by atoms with Crippen molar-refractivity contribution in [2.45, 2.75) is 0 Å². The van der Waals surface area contributed by atoms with Gasteiger partial charge in [0.15, 0.2) is 0 Å². The Morgan fingerprint density at radius 1 is 1.58 bits per heavy atom. The average Bonchev–Trinajstić information content (AvgIpc) is 2.01. The van der Waals surface area contributed by atoms with Gasteiger partial charge in [-0.1, -0.05) is 28.6 Å². The molecular formula is C8H8Br2N2. The number of hydrogen-bond donors (Lipinski definition) is 1. The number of nitrogens with one attached hydrogen (secondary N) is 1. The molecule has 0 radical (unpaired) electrons. The van der Waals surface area contributed by atoms with Gasteiger partial charge in [0.2, 0.25) is 0 Å². The molecule has 0 fully saturated rings. The molecule has 1 aromatic heterocycles. The lowest BCUT2D eigenvalue weighted by Crippen LogP contribution is -2.02. The maximum absolute atomic E-state index is 4.19. The van der Waals surface area contributed by atoms with Gasteiger partial charge in [-0.3, -0.25) is 0 Å². The average molecular weight is 292 g/mol. The first-order valence-electron chi connectivity index (χ1n) is 3.38. The highest BCUT2D eigenvalue weighted by Crippen LogP contribution is 2.10. The van der Waals surface area contributed by atoms with Crippen molar-refractivity contribution in [3.8, 4) is 0 Å². The van der Waals surface area contributed by atoms with Gasteiger partial charge in [-0.15, -0.1) is 0 Å². The summed E-state index contributed by atoms with van der Waals surface area (Å²) in [7, 11) is 0. The molecule has 1 heterocycles. The van der Waals surface area contributed by atoms with Crippen molar-refractivity contribution in [3.63, 3.8) is 0 Å². The number of rotatable bonds is 3. The highest BCUT2D eigenvalue weighted by atomic mass is 79.9. The van der Waals surface area contributed by atoms with Gasteiger partial charge in [0, 0.05) is 11.0 Å². The van der Waals surface area contributed by atoms with E-state index in [1.54, 1.807) is 0 Å². The van der Waals surface area contributed by atoms with Crippen LogP contribution >= 0.6 is 31.9 Å². The number of nitrogens with zero attached hydrogens (tertiary/aromatic N) is 1. The van der Waals surface area contributed by atoms with Crippen molar-refractivity contribution < 1.29 is 0 Å². The van der Waals surface area contributed by atoms with E-state index in [1.165, 1.54) is 0 Å². The SMILES string of the molecule is C=C(Br)CNc1cccc(Br)n1. The summed E-state index contributed by atoms with van der Waals surface area (Å²) in [5, 5.41) is 3.10. The molecule has 1 aromatic rings. The molecule has 0 aliphatic rings. The van der Waals surface area contributed by atoms with E-state index in [9.17, 15) is 0 Å². The lowest BCUT2D eigenvalue weighted by atomic mass is 10.4. The minimum Gasteiger partial charge on any atom is -0.365 e. The Morgan fingerprint density at radius 3 is 2.92 bits per heavy atom. The van der Waals surface area contributed by atoms with Crippen LogP contribution in [0.2, 0.25) is 0 Å². The number of hydrogen-bond acceptors (Lipinski definition) is 2. The summed E-state index contributed by atoms with van der Waals surface area (Å²) in [6.07, 6.45) is 0. The second-order valence-electron chi connectivity index (χ2n) is 2.22. The molecule has 4 heteroatoms. The summed E-state index contributed by atoms with van der Waals surface area (Å²) in [5.74, 6) is 0.838. The zero-order chi connectivity index (χ0) is 8.97. The molecular weight excluding hydrogens is 284 g/mol. The molecule has 0 aliphatic carbocycles. The molecule has 64 valence electrons. The van der Waals surface area contributed by atoms with Crippen molar-refractivity contribution in [2.24, 2.45) is 0 Å². The molecule has 0 aliphatic heterocycles. The van der Waals surface area contributed by atoms with Crippen LogP contribution in [0.25, 0.3) is 0 Å². The van der Waals surface area contributed by atoms with E-state index in [0.29, 0.717) is 6.54 Å². The predicted molar refractivity (Wildman–Crippen MR) is 58.5 cm³/mol. The number of anilines is 1. The van der Waals surface area contributed by atoms with Crippen LogP contribution in [0.15, 0.2) is 33.9 Å². The Morgan fingerprint density at radius 2 is 2.33 bits per heavy atom. The van der Waals surface area contributed by atoms with Gasteiger partial charge in [0.25, 0.3) is 0 Å². The van der Waals surface area contributed by atoms with Crippen LogP contribution in [0.3, 0.4) is 0 Å². The summed E-state index contributed by atoms with van der Waals surface area (Å²) in [5.41, 5.74) is 0. The van der Waals surface area contributed by atoms with E-state index >= 15 is 0 Å². The zero-order valence-corrected chi connectivity index (χ0v) is 9.52. The molecule has 0 spiro atoms. The van der Waals surface area contributed by atoms with Gasteiger partial charge in [-0.25, -0.2) is 4.98 Å². The minimum absolute atomic E-state index is 0.684. The number of halogens is 2. The minimum atomic E-state index is 0.684. The molecule has 0 saturated carbocycles. The number of aromatic nitrogens is 1. The van der Waals surface area contributed by atoms with Gasteiger partial charge in [0.05, 0.1) is 0 Å². The molecule has 0 bridgehead atoms. The molecule has 1 rings (SSSR count). The Bertz CT molecular complexity index is 286. The van der Waals surface area contributed by atoms with E-state index in [1.807, 2.05) is 18.2 Å². The second kappa shape index (κ2) is 4.62. The first kappa shape index (κ1) is 9.74. The third-order valence-electron chi connectivity index (χ3n) is 1.18. The third kappa shape index (κ3) is 3.36. The summed E-state index contributed by atoms with van der Waals surface area (Å²) in [6.45, 7) is 4.39. The fraction of sp³-hybridized carbons (Fsp3) is 0.125. The van der Waals surface area contributed by atoms with Crippen LogP contribution in [-0.2, 0) is 0 Å². The van der Waals surface area contributed by atoms with E-state index in [-0.39, 0.29) is 0 Å². The normalized spacial score (nSPS) is 9.50. The van der Waals surface area contributed by atoms with Crippen LogP contribution in [0.5, 0.6) is 0 Å². The van der Waals surface area contributed by atoms with Crippen molar-refractivity contribution in [3.05, 3.63) is 33.9 Å². The Labute approximate surface area is 88.3 Å². The fourth-order valence-corrected chi connectivity index (χ4v) is 1.18. The lowest BCUT2D eigenvalue weighted by Gasteiger charge is -2.03. The van der Waals surface area contributed by atoms with E-state index in [2.05, 4.69) is 48.7 Å². The van der Waals surface area contributed by atoms with Gasteiger partial charge in [0.1, 0.15) is 10.4 Å². The maximum atomic E-state index is 4.19. The Balaban J connectivity index is 2.57. The van der Waals surface area contributed by atoms with Gasteiger partial charge < -0.3 is 5.32 Å². The summed E-state index contributed by atoms with van der Waals surface area (Å²) in [6, 6.07) is 5.71. The van der Waals surface area contributed by atoms with Crippen LogP contribution in [0, 0.1) is 0 Å². The smallest absolute Gasteiger partial charge is 0.127 e. The highest BCUT2D eigenvalue weighted by molar-refractivity contribution is 9.11. The summed E-state index contributed by atoms with van der Waals surface area (Å²) >= 11 is 6.54. The van der Waals surface area contributed by atoms with Crippen molar-refractivity contribution in [1.82, 2.24) is 4.98 Å².